The first-order chi connectivity index (χ1) is 7.99. The number of carbonyl (C=O) groups excluding carboxylic acids is 1. The van der Waals surface area contributed by atoms with Crippen LogP contribution in [0, 0.1) is 0 Å². The zero-order chi connectivity index (χ0) is 12.8. The highest BCUT2D eigenvalue weighted by Crippen LogP contribution is 2.22. The number of rotatable bonds is 5. The molecule has 6 nitrogen and oxygen atoms in total. The molecule has 0 bridgehead atoms. The molecule has 0 fully saturated rings. The van der Waals surface area contributed by atoms with Crippen molar-refractivity contribution in [3.63, 3.8) is 0 Å². The predicted molar refractivity (Wildman–Crippen MR) is 64.0 cm³/mol. The van der Waals surface area contributed by atoms with Crippen molar-refractivity contribution in [3.05, 3.63) is 21.9 Å². The van der Waals surface area contributed by atoms with Crippen molar-refractivity contribution >= 4 is 45.1 Å². The smallest absolute Gasteiger partial charge is 0.329 e. The quantitative estimate of drug-likeness (QED) is 0.802. The number of nitrogens with zero attached hydrogens (tertiary/aromatic N) is 1. The molecule has 0 spiro atoms. The lowest BCUT2D eigenvalue weighted by Gasteiger charge is -2.05. The minimum atomic E-state index is -1.13. The maximum Gasteiger partial charge on any atom is 0.329 e. The van der Waals surface area contributed by atoms with Gasteiger partial charge in [0.25, 0.3) is 0 Å². The van der Waals surface area contributed by atoms with Gasteiger partial charge < -0.3 is 15.2 Å². The Balaban J connectivity index is 2.45. The number of carboxylic acids is 1. The molecule has 0 radical (unpaired) electrons. The average molecular weight is 324 g/mol. The lowest BCUT2D eigenvalue weighted by molar-refractivity contribution is -0.143. The van der Waals surface area contributed by atoms with E-state index in [2.05, 4.69) is 31.0 Å². The van der Waals surface area contributed by atoms with Crippen LogP contribution in [0.25, 0.3) is 0 Å². The lowest BCUT2D eigenvalue weighted by atomic mass is 10.4. The molecule has 92 valence electrons. The molecule has 1 amide bonds. The van der Waals surface area contributed by atoms with E-state index in [1.165, 1.54) is 6.20 Å². The highest BCUT2D eigenvalue weighted by atomic mass is 79.9. The van der Waals surface area contributed by atoms with Crippen LogP contribution in [0.15, 0.2) is 16.7 Å². The number of halogens is 2. The Hall–Kier alpha value is -1.18. The SMILES string of the molecule is O=C(O)COCC(=O)Nc1cnc(Cl)c(Br)c1. The number of carbonyl (C=O) groups is 2. The van der Waals surface area contributed by atoms with Crippen molar-refractivity contribution in [3.8, 4) is 0 Å². The second kappa shape index (κ2) is 6.53. The van der Waals surface area contributed by atoms with Crippen LogP contribution in [0.4, 0.5) is 5.69 Å². The summed E-state index contributed by atoms with van der Waals surface area (Å²) in [6.07, 6.45) is 1.38. The van der Waals surface area contributed by atoms with Crippen LogP contribution in [0.3, 0.4) is 0 Å². The normalized spacial score (nSPS) is 10.0. The zero-order valence-electron chi connectivity index (χ0n) is 8.44. The van der Waals surface area contributed by atoms with Gasteiger partial charge >= 0.3 is 5.97 Å². The first kappa shape index (κ1) is 13.9. The summed E-state index contributed by atoms with van der Waals surface area (Å²) in [5, 5.41) is 11.1. The predicted octanol–water partition coefficient (Wildman–Crippen LogP) is 1.54. The number of aliphatic carboxylic acids is 1. The van der Waals surface area contributed by atoms with Gasteiger partial charge in [0.1, 0.15) is 18.4 Å². The van der Waals surface area contributed by atoms with Crippen molar-refractivity contribution in [2.75, 3.05) is 18.5 Å². The van der Waals surface area contributed by atoms with E-state index in [1.807, 2.05) is 0 Å². The summed E-state index contributed by atoms with van der Waals surface area (Å²) in [5.41, 5.74) is 0.435. The van der Waals surface area contributed by atoms with Gasteiger partial charge in [0, 0.05) is 0 Å². The summed E-state index contributed by atoms with van der Waals surface area (Å²) in [4.78, 5) is 25.2. The number of hydrogen-bond donors (Lipinski definition) is 2. The standard InChI is InChI=1S/C9H8BrClN2O4/c10-6-1-5(2-12-9(6)11)13-7(14)3-17-4-8(15)16/h1-2H,3-4H2,(H,13,14)(H,15,16). The Morgan fingerprint density at radius 2 is 2.24 bits per heavy atom. The Bertz CT molecular complexity index is 441. The fourth-order valence-corrected chi connectivity index (χ4v) is 1.37. The lowest BCUT2D eigenvalue weighted by Crippen LogP contribution is -2.20. The first-order valence-electron chi connectivity index (χ1n) is 4.39. The highest BCUT2D eigenvalue weighted by Gasteiger charge is 2.06. The fourth-order valence-electron chi connectivity index (χ4n) is 0.918. The second-order valence-corrected chi connectivity index (χ2v) is 4.14. The van der Waals surface area contributed by atoms with Gasteiger partial charge in [-0.1, -0.05) is 11.6 Å². The molecule has 0 saturated carbocycles. The average Bonchev–Trinajstić information content (AvgIpc) is 2.23. The number of hydrogen-bond acceptors (Lipinski definition) is 4. The first-order valence-corrected chi connectivity index (χ1v) is 5.56. The summed E-state index contributed by atoms with van der Waals surface area (Å²) in [7, 11) is 0. The minimum Gasteiger partial charge on any atom is -0.480 e. The van der Waals surface area contributed by atoms with Gasteiger partial charge in [-0.05, 0) is 22.0 Å². The molecular formula is C9H8BrClN2O4. The molecule has 1 aromatic rings. The monoisotopic (exact) mass is 322 g/mol. The van der Waals surface area contributed by atoms with Crippen molar-refractivity contribution in [2.24, 2.45) is 0 Å². The second-order valence-electron chi connectivity index (χ2n) is 2.93. The molecular weight excluding hydrogens is 315 g/mol. The van der Waals surface area contributed by atoms with Crippen molar-refractivity contribution < 1.29 is 19.4 Å². The number of pyridine rings is 1. The molecule has 17 heavy (non-hydrogen) atoms. The fraction of sp³-hybridized carbons (Fsp3) is 0.222. The van der Waals surface area contributed by atoms with Crippen LogP contribution in [0.2, 0.25) is 5.15 Å². The van der Waals surface area contributed by atoms with E-state index in [-0.39, 0.29) is 11.8 Å². The van der Waals surface area contributed by atoms with E-state index >= 15 is 0 Å². The van der Waals surface area contributed by atoms with Gasteiger partial charge in [-0.2, -0.15) is 0 Å². The van der Waals surface area contributed by atoms with E-state index in [1.54, 1.807) is 6.07 Å². The van der Waals surface area contributed by atoms with Gasteiger partial charge in [0.2, 0.25) is 5.91 Å². The third kappa shape index (κ3) is 5.12. The van der Waals surface area contributed by atoms with Crippen LogP contribution >= 0.6 is 27.5 Å². The zero-order valence-corrected chi connectivity index (χ0v) is 10.8. The molecule has 8 heteroatoms. The summed E-state index contributed by atoms with van der Waals surface area (Å²) in [6, 6.07) is 1.57. The van der Waals surface area contributed by atoms with E-state index in [9.17, 15) is 9.59 Å². The number of anilines is 1. The molecule has 0 unspecified atom stereocenters. The van der Waals surface area contributed by atoms with Gasteiger partial charge in [-0.3, -0.25) is 4.79 Å². The van der Waals surface area contributed by atoms with Crippen LogP contribution in [-0.4, -0.2) is 35.2 Å². The Morgan fingerprint density at radius 1 is 1.53 bits per heavy atom. The van der Waals surface area contributed by atoms with Gasteiger partial charge in [-0.25, -0.2) is 9.78 Å². The van der Waals surface area contributed by atoms with Crippen molar-refractivity contribution in [2.45, 2.75) is 0 Å². The maximum absolute atomic E-state index is 11.3. The molecule has 0 saturated heterocycles. The molecule has 2 N–H and O–H groups in total. The minimum absolute atomic E-state index is 0.283. The van der Waals surface area contributed by atoms with E-state index in [0.717, 1.165) is 0 Å². The molecule has 0 aliphatic heterocycles. The highest BCUT2D eigenvalue weighted by molar-refractivity contribution is 9.10. The summed E-state index contributed by atoms with van der Waals surface area (Å²) >= 11 is 8.83. The van der Waals surface area contributed by atoms with Gasteiger partial charge in [-0.15, -0.1) is 0 Å². The molecule has 0 aliphatic rings. The molecule has 1 rings (SSSR count). The van der Waals surface area contributed by atoms with Crippen LogP contribution in [-0.2, 0) is 14.3 Å². The van der Waals surface area contributed by atoms with Crippen LogP contribution in [0.5, 0.6) is 0 Å². The Kier molecular flexibility index (Phi) is 5.33. The number of nitrogens with one attached hydrogen (secondary N) is 1. The Morgan fingerprint density at radius 3 is 2.82 bits per heavy atom. The number of carboxylic acid groups (broad SMARTS) is 1. The number of aromatic nitrogens is 1. The largest absolute Gasteiger partial charge is 0.480 e. The topological polar surface area (TPSA) is 88.5 Å². The third-order valence-electron chi connectivity index (χ3n) is 1.54. The van der Waals surface area contributed by atoms with E-state index in [4.69, 9.17) is 16.7 Å². The molecule has 0 aromatic carbocycles. The van der Waals surface area contributed by atoms with Crippen LogP contribution < -0.4 is 5.32 Å². The third-order valence-corrected chi connectivity index (χ3v) is 2.67. The summed E-state index contributed by atoms with van der Waals surface area (Å²) < 4.78 is 5.16. The summed E-state index contributed by atoms with van der Waals surface area (Å²) in [6.45, 7) is -0.859. The van der Waals surface area contributed by atoms with Crippen LogP contribution in [0.1, 0.15) is 0 Å². The molecule has 0 atom stereocenters. The van der Waals surface area contributed by atoms with E-state index < -0.39 is 18.5 Å². The van der Waals surface area contributed by atoms with Crippen molar-refractivity contribution in [1.29, 1.82) is 0 Å². The summed E-state index contributed by atoms with van der Waals surface area (Å²) in [5.74, 6) is -1.60. The van der Waals surface area contributed by atoms with Gasteiger partial charge in [0.15, 0.2) is 0 Å². The number of amides is 1. The number of ether oxygens (including phenoxy) is 1. The van der Waals surface area contributed by atoms with E-state index in [0.29, 0.717) is 10.2 Å². The maximum atomic E-state index is 11.3. The Labute approximate surface area is 110 Å². The molecule has 1 aromatic heterocycles. The molecule has 0 aliphatic carbocycles. The van der Waals surface area contributed by atoms with Crippen molar-refractivity contribution in [1.82, 2.24) is 4.98 Å². The van der Waals surface area contributed by atoms with Gasteiger partial charge in [0.05, 0.1) is 16.4 Å². The molecule has 1 heterocycles.